The number of hydrogen-bond acceptors (Lipinski definition) is 1. The van der Waals surface area contributed by atoms with E-state index in [2.05, 4.69) is 0 Å². The molecule has 0 heterocycles. The number of carbonyl (C=O) groups is 1. The Morgan fingerprint density at radius 1 is 1.78 bits per heavy atom. The van der Waals surface area contributed by atoms with Crippen molar-refractivity contribution < 1.29 is 9.18 Å². The Balaban J connectivity index is 2.56. The molecule has 2 heteroatoms. The molecule has 0 aliphatic heterocycles. The van der Waals surface area contributed by atoms with Gasteiger partial charge in [0.1, 0.15) is 6.29 Å². The Labute approximate surface area is 53.6 Å². The highest BCUT2D eigenvalue weighted by Gasteiger charge is 2.11. The molecule has 1 aliphatic rings. The van der Waals surface area contributed by atoms with Gasteiger partial charge >= 0.3 is 0 Å². The molecule has 0 bridgehead atoms. The second-order valence-electron chi connectivity index (χ2n) is 2.31. The van der Waals surface area contributed by atoms with Crippen LogP contribution in [0.2, 0.25) is 0 Å². The molecule has 1 rings (SSSR count). The molecule has 0 saturated carbocycles. The van der Waals surface area contributed by atoms with Crippen LogP contribution >= 0.6 is 0 Å². The maximum absolute atomic E-state index is 12.3. The first kappa shape index (κ1) is 6.46. The molecule has 0 saturated heterocycles. The van der Waals surface area contributed by atoms with E-state index >= 15 is 0 Å². The summed E-state index contributed by atoms with van der Waals surface area (Å²) < 4.78 is 12.3. The minimum Gasteiger partial charge on any atom is -0.303 e. The van der Waals surface area contributed by atoms with Gasteiger partial charge in [-0.25, -0.2) is 4.39 Å². The Hall–Kier alpha value is -0.660. The largest absolute Gasteiger partial charge is 0.303 e. The topological polar surface area (TPSA) is 17.1 Å². The first-order valence-corrected chi connectivity index (χ1v) is 3.14. The molecular weight excluding hydrogens is 119 g/mol. The summed E-state index contributed by atoms with van der Waals surface area (Å²) in [7, 11) is 0. The van der Waals surface area contributed by atoms with E-state index in [9.17, 15) is 9.18 Å². The quantitative estimate of drug-likeness (QED) is 0.492. The molecule has 1 unspecified atom stereocenters. The molecule has 0 aromatic heterocycles. The van der Waals surface area contributed by atoms with E-state index in [0.29, 0.717) is 6.42 Å². The zero-order valence-corrected chi connectivity index (χ0v) is 5.14. The predicted octanol–water partition coefficient (Wildman–Crippen LogP) is 1.84. The van der Waals surface area contributed by atoms with E-state index in [1.165, 1.54) is 6.08 Å². The van der Waals surface area contributed by atoms with Crippen LogP contribution in [0.15, 0.2) is 11.9 Å². The van der Waals surface area contributed by atoms with E-state index in [4.69, 9.17) is 0 Å². The summed E-state index contributed by atoms with van der Waals surface area (Å²) in [6, 6.07) is 0. The fourth-order valence-corrected chi connectivity index (χ4v) is 1.01. The van der Waals surface area contributed by atoms with E-state index in [1.54, 1.807) is 0 Å². The van der Waals surface area contributed by atoms with Gasteiger partial charge in [-0.2, -0.15) is 0 Å². The van der Waals surface area contributed by atoms with Gasteiger partial charge in [-0.15, -0.1) is 0 Å². The van der Waals surface area contributed by atoms with Gasteiger partial charge in [-0.1, -0.05) is 0 Å². The van der Waals surface area contributed by atoms with Crippen LogP contribution in [0, 0.1) is 5.92 Å². The summed E-state index contributed by atoms with van der Waals surface area (Å²) in [6.45, 7) is 0. The van der Waals surface area contributed by atoms with Crippen LogP contribution in [0.4, 0.5) is 4.39 Å². The maximum Gasteiger partial charge on any atom is 0.126 e. The molecule has 0 fully saturated rings. The molecule has 0 aromatic rings. The molecule has 0 spiro atoms. The van der Waals surface area contributed by atoms with Gasteiger partial charge in [0.2, 0.25) is 0 Å². The minimum atomic E-state index is -0.154. The van der Waals surface area contributed by atoms with E-state index in [1.807, 2.05) is 0 Å². The third-order valence-corrected chi connectivity index (χ3v) is 1.52. The average molecular weight is 128 g/mol. The summed E-state index contributed by atoms with van der Waals surface area (Å²) in [4.78, 5) is 10.1. The molecule has 0 aromatic carbocycles. The van der Waals surface area contributed by atoms with Crippen LogP contribution < -0.4 is 0 Å². The van der Waals surface area contributed by atoms with Crippen LogP contribution in [0.5, 0.6) is 0 Å². The Morgan fingerprint density at radius 3 is 3.00 bits per heavy atom. The second-order valence-corrected chi connectivity index (χ2v) is 2.31. The SMILES string of the molecule is O=CC1C=C(F)CCC1. The fraction of sp³-hybridized carbons (Fsp3) is 0.571. The van der Waals surface area contributed by atoms with Gasteiger partial charge in [0, 0.05) is 5.92 Å². The first-order chi connectivity index (χ1) is 4.33. The Morgan fingerprint density at radius 2 is 2.56 bits per heavy atom. The lowest BCUT2D eigenvalue weighted by molar-refractivity contribution is -0.110. The van der Waals surface area contributed by atoms with Crippen LogP contribution in [-0.4, -0.2) is 6.29 Å². The zero-order chi connectivity index (χ0) is 6.69. The molecule has 0 radical (unpaired) electrons. The molecule has 1 aliphatic carbocycles. The lowest BCUT2D eigenvalue weighted by Gasteiger charge is -2.09. The Kier molecular flexibility index (Phi) is 1.98. The van der Waals surface area contributed by atoms with E-state index in [-0.39, 0.29) is 11.7 Å². The highest BCUT2D eigenvalue weighted by molar-refractivity contribution is 5.56. The third kappa shape index (κ3) is 1.63. The fourth-order valence-electron chi connectivity index (χ4n) is 1.01. The second kappa shape index (κ2) is 2.76. The molecule has 0 amide bonds. The number of hydrogen-bond donors (Lipinski definition) is 0. The van der Waals surface area contributed by atoms with Gasteiger partial charge in [-0.3, -0.25) is 0 Å². The highest BCUT2D eigenvalue weighted by atomic mass is 19.1. The van der Waals surface area contributed by atoms with Crippen molar-refractivity contribution in [2.45, 2.75) is 19.3 Å². The van der Waals surface area contributed by atoms with Gasteiger partial charge < -0.3 is 4.79 Å². The van der Waals surface area contributed by atoms with Gasteiger partial charge in [0.05, 0.1) is 5.83 Å². The van der Waals surface area contributed by atoms with Crippen molar-refractivity contribution in [2.24, 2.45) is 5.92 Å². The number of aldehydes is 1. The first-order valence-electron chi connectivity index (χ1n) is 3.14. The summed E-state index contributed by atoms with van der Waals surface area (Å²) in [6.07, 6.45) is 4.36. The van der Waals surface area contributed by atoms with E-state index in [0.717, 1.165) is 19.1 Å². The Bertz CT molecular complexity index is 140. The lowest BCUT2D eigenvalue weighted by atomic mass is 9.97. The number of allylic oxidation sites excluding steroid dienone is 2. The number of halogens is 1. The van der Waals surface area contributed by atoms with Crippen molar-refractivity contribution in [3.63, 3.8) is 0 Å². The molecule has 50 valence electrons. The van der Waals surface area contributed by atoms with E-state index < -0.39 is 0 Å². The molecule has 9 heavy (non-hydrogen) atoms. The van der Waals surface area contributed by atoms with Crippen molar-refractivity contribution in [3.05, 3.63) is 11.9 Å². The third-order valence-electron chi connectivity index (χ3n) is 1.52. The van der Waals surface area contributed by atoms with Crippen molar-refractivity contribution in [2.75, 3.05) is 0 Å². The van der Waals surface area contributed by atoms with Crippen molar-refractivity contribution in [1.82, 2.24) is 0 Å². The summed E-state index contributed by atoms with van der Waals surface area (Å²) in [5, 5.41) is 0. The van der Waals surface area contributed by atoms with Gasteiger partial charge in [-0.05, 0) is 25.3 Å². The lowest BCUT2D eigenvalue weighted by Crippen LogP contribution is -2.03. The summed E-state index contributed by atoms with van der Waals surface area (Å²) in [5.74, 6) is -0.280. The number of carbonyl (C=O) groups excluding carboxylic acids is 1. The molecule has 1 nitrogen and oxygen atoms in total. The van der Waals surface area contributed by atoms with Crippen LogP contribution in [0.1, 0.15) is 19.3 Å². The highest BCUT2D eigenvalue weighted by Crippen LogP contribution is 2.21. The normalized spacial score (nSPS) is 27.2. The monoisotopic (exact) mass is 128 g/mol. The number of rotatable bonds is 1. The maximum atomic E-state index is 12.3. The van der Waals surface area contributed by atoms with Crippen molar-refractivity contribution in [1.29, 1.82) is 0 Å². The molecule has 1 atom stereocenters. The smallest absolute Gasteiger partial charge is 0.126 e. The molecular formula is C7H9FO. The average Bonchev–Trinajstić information content (AvgIpc) is 1.88. The zero-order valence-electron chi connectivity index (χ0n) is 5.14. The van der Waals surface area contributed by atoms with Crippen LogP contribution in [0.25, 0.3) is 0 Å². The standard InChI is InChI=1S/C7H9FO/c8-7-3-1-2-6(4-7)5-9/h4-6H,1-3H2. The van der Waals surface area contributed by atoms with Crippen molar-refractivity contribution in [3.8, 4) is 0 Å². The van der Waals surface area contributed by atoms with Crippen LogP contribution in [0.3, 0.4) is 0 Å². The van der Waals surface area contributed by atoms with Gasteiger partial charge in [0.15, 0.2) is 0 Å². The van der Waals surface area contributed by atoms with Gasteiger partial charge in [0.25, 0.3) is 0 Å². The predicted molar refractivity (Wildman–Crippen MR) is 32.6 cm³/mol. The van der Waals surface area contributed by atoms with Crippen molar-refractivity contribution >= 4 is 6.29 Å². The molecule has 0 N–H and O–H groups in total. The van der Waals surface area contributed by atoms with Crippen LogP contribution in [-0.2, 0) is 4.79 Å². The minimum absolute atomic E-state index is 0.127. The summed E-state index contributed by atoms with van der Waals surface area (Å²) in [5.41, 5.74) is 0. The summed E-state index contributed by atoms with van der Waals surface area (Å²) >= 11 is 0.